The van der Waals surface area contributed by atoms with Gasteiger partial charge in [0.05, 0.1) is 25.7 Å². The molecule has 28 heavy (non-hydrogen) atoms. The van der Waals surface area contributed by atoms with Crippen molar-refractivity contribution in [3.8, 4) is 11.5 Å². The second-order valence-corrected chi connectivity index (χ2v) is 6.56. The molecule has 0 atom stereocenters. The molecular weight excluding hydrogens is 362 g/mol. The number of carbonyl (C=O) groups excluding carboxylic acids is 1. The molecule has 0 spiro atoms. The maximum Gasteiger partial charge on any atom is 0.293 e. The van der Waals surface area contributed by atoms with Crippen molar-refractivity contribution in [2.75, 3.05) is 33.1 Å². The van der Waals surface area contributed by atoms with Gasteiger partial charge in [-0.15, -0.1) is 0 Å². The van der Waals surface area contributed by atoms with Gasteiger partial charge in [-0.3, -0.25) is 19.8 Å². The highest BCUT2D eigenvalue weighted by Crippen LogP contribution is 2.30. The first kappa shape index (κ1) is 21.2. The zero-order valence-corrected chi connectivity index (χ0v) is 16.7. The molecule has 0 aliphatic heterocycles. The SMILES string of the molecule is COc1ccc(CN(C)CC(=O)Nc2c([N+](=O)[O-])ccc(C)c2C)c(OC)c1. The Hall–Kier alpha value is -3.13. The Balaban J connectivity index is 2.10. The van der Waals surface area contributed by atoms with Crippen molar-refractivity contribution in [3.63, 3.8) is 0 Å². The van der Waals surface area contributed by atoms with Crippen LogP contribution in [0.5, 0.6) is 11.5 Å². The summed E-state index contributed by atoms with van der Waals surface area (Å²) in [7, 11) is 4.95. The number of carbonyl (C=O) groups is 1. The standard InChI is InChI=1S/C20H25N3O5/c1-13-6-9-17(23(25)26)20(14(13)2)21-19(24)12-22(3)11-15-7-8-16(27-4)10-18(15)28-5/h6-10H,11-12H2,1-5H3,(H,21,24). The molecule has 2 rings (SSSR count). The number of benzene rings is 2. The van der Waals surface area contributed by atoms with Gasteiger partial charge in [0.25, 0.3) is 5.69 Å². The molecule has 0 heterocycles. The Morgan fingerprint density at radius 2 is 1.89 bits per heavy atom. The minimum absolute atomic E-state index is 0.0692. The van der Waals surface area contributed by atoms with Gasteiger partial charge in [0.2, 0.25) is 5.91 Å². The Morgan fingerprint density at radius 1 is 1.18 bits per heavy atom. The fourth-order valence-electron chi connectivity index (χ4n) is 2.86. The molecular formula is C20H25N3O5. The van der Waals surface area contributed by atoms with E-state index in [1.54, 1.807) is 45.2 Å². The number of nitro benzene ring substituents is 1. The predicted molar refractivity (Wildman–Crippen MR) is 107 cm³/mol. The summed E-state index contributed by atoms with van der Waals surface area (Å²) in [5, 5.41) is 14.0. The van der Waals surface area contributed by atoms with E-state index in [0.717, 1.165) is 11.1 Å². The number of amides is 1. The van der Waals surface area contributed by atoms with Gasteiger partial charge in [0.1, 0.15) is 17.2 Å². The maximum atomic E-state index is 12.5. The third kappa shape index (κ3) is 4.98. The summed E-state index contributed by atoms with van der Waals surface area (Å²) >= 11 is 0. The molecule has 0 aromatic heterocycles. The smallest absolute Gasteiger partial charge is 0.293 e. The first-order valence-electron chi connectivity index (χ1n) is 8.70. The minimum atomic E-state index is -0.492. The van der Waals surface area contributed by atoms with Gasteiger partial charge in [-0.1, -0.05) is 12.1 Å². The maximum absolute atomic E-state index is 12.5. The number of nitro groups is 1. The van der Waals surface area contributed by atoms with Gasteiger partial charge >= 0.3 is 0 Å². The van der Waals surface area contributed by atoms with Crippen LogP contribution in [0.4, 0.5) is 11.4 Å². The second kappa shape index (κ2) is 9.18. The molecule has 8 heteroatoms. The number of anilines is 1. The number of hydrogen-bond donors (Lipinski definition) is 1. The summed E-state index contributed by atoms with van der Waals surface area (Å²) in [5.74, 6) is 1.02. The summed E-state index contributed by atoms with van der Waals surface area (Å²) in [4.78, 5) is 25.1. The number of nitrogens with one attached hydrogen (secondary N) is 1. The molecule has 0 saturated carbocycles. The van der Waals surface area contributed by atoms with Crippen molar-refractivity contribution >= 4 is 17.3 Å². The lowest BCUT2D eigenvalue weighted by Gasteiger charge is -2.19. The van der Waals surface area contributed by atoms with Gasteiger partial charge in [-0.05, 0) is 38.1 Å². The molecule has 1 amide bonds. The van der Waals surface area contributed by atoms with E-state index in [4.69, 9.17) is 9.47 Å². The number of hydrogen-bond acceptors (Lipinski definition) is 6. The van der Waals surface area contributed by atoms with E-state index in [1.807, 2.05) is 19.1 Å². The van der Waals surface area contributed by atoms with Crippen molar-refractivity contribution in [2.24, 2.45) is 0 Å². The number of ether oxygens (including phenoxy) is 2. The van der Waals surface area contributed by atoms with Crippen LogP contribution in [0.1, 0.15) is 16.7 Å². The molecule has 1 N–H and O–H groups in total. The lowest BCUT2D eigenvalue weighted by molar-refractivity contribution is -0.384. The molecule has 0 bridgehead atoms. The van der Waals surface area contributed by atoms with Crippen LogP contribution in [-0.2, 0) is 11.3 Å². The van der Waals surface area contributed by atoms with Crippen LogP contribution >= 0.6 is 0 Å². The lowest BCUT2D eigenvalue weighted by atomic mass is 10.1. The summed E-state index contributed by atoms with van der Waals surface area (Å²) < 4.78 is 10.6. The predicted octanol–water partition coefficient (Wildman–Crippen LogP) is 3.30. The molecule has 0 aliphatic carbocycles. The van der Waals surface area contributed by atoms with Crippen LogP contribution in [0.25, 0.3) is 0 Å². The fourth-order valence-corrected chi connectivity index (χ4v) is 2.86. The topological polar surface area (TPSA) is 93.9 Å². The van der Waals surface area contributed by atoms with E-state index in [0.29, 0.717) is 23.6 Å². The van der Waals surface area contributed by atoms with E-state index in [2.05, 4.69) is 5.32 Å². The van der Waals surface area contributed by atoms with Crippen LogP contribution < -0.4 is 14.8 Å². The Kier molecular flexibility index (Phi) is 6.94. The molecule has 0 unspecified atom stereocenters. The molecule has 2 aromatic carbocycles. The number of methoxy groups -OCH3 is 2. The van der Waals surface area contributed by atoms with Crippen molar-refractivity contribution in [3.05, 3.63) is 57.1 Å². The molecule has 0 saturated heterocycles. The summed E-state index contributed by atoms with van der Waals surface area (Å²) in [5.41, 5.74) is 2.58. The van der Waals surface area contributed by atoms with Crippen LogP contribution in [0.3, 0.4) is 0 Å². The van der Waals surface area contributed by atoms with E-state index in [-0.39, 0.29) is 23.8 Å². The van der Waals surface area contributed by atoms with Gasteiger partial charge in [0, 0.05) is 24.2 Å². The van der Waals surface area contributed by atoms with Gasteiger partial charge < -0.3 is 14.8 Å². The van der Waals surface area contributed by atoms with Crippen LogP contribution in [0.15, 0.2) is 30.3 Å². The molecule has 8 nitrogen and oxygen atoms in total. The fraction of sp³-hybridized carbons (Fsp3) is 0.350. The Morgan fingerprint density at radius 3 is 2.50 bits per heavy atom. The zero-order valence-electron chi connectivity index (χ0n) is 16.7. The third-order valence-electron chi connectivity index (χ3n) is 4.52. The molecule has 0 aliphatic rings. The summed E-state index contributed by atoms with van der Waals surface area (Å²) in [6, 6.07) is 8.56. The minimum Gasteiger partial charge on any atom is -0.497 e. The monoisotopic (exact) mass is 387 g/mol. The Bertz CT molecular complexity index is 882. The zero-order chi connectivity index (χ0) is 20.8. The van der Waals surface area contributed by atoms with Gasteiger partial charge in [0.15, 0.2) is 0 Å². The van der Waals surface area contributed by atoms with E-state index in [9.17, 15) is 14.9 Å². The van der Waals surface area contributed by atoms with E-state index >= 15 is 0 Å². The van der Waals surface area contributed by atoms with Crippen molar-refractivity contribution in [1.29, 1.82) is 0 Å². The summed E-state index contributed by atoms with van der Waals surface area (Å²) in [6.45, 7) is 4.13. The van der Waals surface area contributed by atoms with Crippen molar-refractivity contribution in [1.82, 2.24) is 4.90 Å². The Labute approximate surface area is 164 Å². The highest BCUT2D eigenvalue weighted by molar-refractivity contribution is 5.95. The first-order valence-corrected chi connectivity index (χ1v) is 8.70. The van der Waals surface area contributed by atoms with Crippen LogP contribution in [0.2, 0.25) is 0 Å². The largest absolute Gasteiger partial charge is 0.497 e. The molecule has 0 fully saturated rings. The van der Waals surface area contributed by atoms with Crippen LogP contribution in [-0.4, -0.2) is 43.5 Å². The van der Waals surface area contributed by atoms with Crippen molar-refractivity contribution in [2.45, 2.75) is 20.4 Å². The highest BCUT2D eigenvalue weighted by atomic mass is 16.6. The molecule has 2 aromatic rings. The quantitative estimate of drug-likeness (QED) is 0.552. The van der Waals surface area contributed by atoms with E-state index < -0.39 is 4.92 Å². The number of rotatable bonds is 8. The normalized spacial score (nSPS) is 10.6. The number of aryl methyl sites for hydroxylation is 1. The second-order valence-electron chi connectivity index (χ2n) is 6.56. The lowest BCUT2D eigenvalue weighted by Crippen LogP contribution is -2.30. The number of nitrogens with zero attached hydrogens (tertiary/aromatic N) is 2. The molecule has 0 radical (unpaired) electrons. The highest BCUT2D eigenvalue weighted by Gasteiger charge is 2.20. The third-order valence-corrected chi connectivity index (χ3v) is 4.52. The average molecular weight is 387 g/mol. The summed E-state index contributed by atoms with van der Waals surface area (Å²) in [6.07, 6.45) is 0. The van der Waals surface area contributed by atoms with Gasteiger partial charge in [-0.2, -0.15) is 0 Å². The first-order chi connectivity index (χ1) is 13.3. The average Bonchev–Trinajstić information content (AvgIpc) is 2.65. The van der Waals surface area contributed by atoms with E-state index in [1.165, 1.54) is 6.07 Å². The van der Waals surface area contributed by atoms with Crippen molar-refractivity contribution < 1.29 is 19.2 Å². The number of likely N-dealkylation sites (N-methyl/N-ethyl adjacent to an activating group) is 1. The molecule has 150 valence electrons. The van der Waals surface area contributed by atoms with Crippen LogP contribution in [0, 0.1) is 24.0 Å². The van der Waals surface area contributed by atoms with Gasteiger partial charge in [-0.25, -0.2) is 0 Å².